The molecule has 1 aliphatic carbocycles. The molecular weight excluding hydrogens is 238 g/mol. The summed E-state index contributed by atoms with van der Waals surface area (Å²) < 4.78 is 5.58. The van der Waals surface area contributed by atoms with Gasteiger partial charge in [-0.1, -0.05) is 31.2 Å². The topological polar surface area (TPSA) is 32.7 Å². The Morgan fingerprint density at radius 1 is 1.37 bits per heavy atom. The molecule has 1 aliphatic heterocycles. The van der Waals surface area contributed by atoms with Gasteiger partial charge in [-0.25, -0.2) is 0 Å². The summed E-state index contributed by atoms with van der Waals surface area (Å²) >= 11 is 0. The van der Waals surface area contributed by atoms with E-state index in [1.807, 2.05) is 6.07 Å². The SMILES string of the molecule is CCC1COCCN1C1CCc2ccccc2C1O. The molecule has 0 saturated carbocycles. The van der Waals surface area contributed by atoms with Crippen LogP contribution in [0.15, 0.2) is 24.3 Å². The molecule has 0 aromatic heterocycles. The van der Waals surface area contributed by atoms with Crippen molar-refractivity contribution >= 4 is 0 Å². The fourth-order valence-corrected chi connectivity index (χ4v) is 3.52. The summed E-state index contributed by atoms with van der Waals surface area (Å²) in [7, 11) is 0. The number of rotatable bonds is 2. The molecule has 0 amide bonds. The summed E-state index contributed by atoms with van der Waals surface area (Å²) in [6.07, 6.45) is 2.86. The summed E-state index contributed by atoms with van der Waals surface area (Å²) in [5.74, 6) is 0. The molecule has 1 fully saturated rings. The van der Waals surface area contributed by atoms with E-state index in [0.29, 0.717) is 6.04 Å². The lowest BCUT2D eigenvalue weighted by atomic mass is 9.84. The molecule has 1 aromatic rings. The quantitative estimate of drug-likeness (QED) is 0.885. The minimum atomic E-state index is -0.350. The summed E-state index contributed by atoms with van der Waals surface area (Å²) in [5, 5.41) is 10.7. The lowest BCUT2D eigenvalue weighted by molar-refractivity contribution is -0.0657. The molecule has 3 nitrogen and oxygen atoms in total. The number of benzene rings is 1. The molecule has 104 valence electrons. The largest absolute Gasteiger partial charge is 0.387 e. The maximum Gasteiger partial charge on any atom is 0.0948 e. The van der Waals surface area contributed by atoms with Gasteiger partial charge in [-0.2, -0.15) is 0 Å². The predicted octanol–water partition coefficient (Wildman–Crippen LogP) is 2.15. The standard InChI is InChI=1S/C16H23NO2/c1-2-13-11-19-10-9-17(13)15-8-7-12-5-3-4-6-14(12)16(15)18/h3-6,13,15-16,18H,2,7-11H2,1H3. The third-order valence-corrected chi connectivity index (χ3v) is 4.62. The second kappa shape index (κ2) is 5.61. The van der Waals surface area contributed by atoms with Gasteiger partial charge in [0.15, 0.2) is 0 Å². The van der Waals surface area contributed by atoms with Gasteiger partial charge in [0.25, 0.3) is 0 Å². The maximum absolute atomic E-state index is 10.7. The summed E-state index contributed by atoms with van der Waals surface area (Å²) in [5.41, 5.74) is 2.44. The minimum Gasteiger partial charge on any atom is -0.387 e. The number of ether oxygens (including phenoxy) is 1. The Balaban J connectivity index is 1.82. The smallest absolute Gasteiger partial charge is 0.0948 e. The number of morpholine rings is 1. The lowest BCUT2D eigenvalue weighted by Gasteiger charge is -2.44. The molecule has 1 saturated heterocycles. The zero-order valence-electron chi connectivity index (χ0n) is 11.6. The highest BCUT2D eigenvalue weighted by Gasteiger charge is 2.36. The Labute approximate surface area is 115 Å². The van der Waals surface area contributed by atoms with Gasteiger partial charge >= 0.3 is 0 Å². The van der Waals surface area contributed by atoms with E-state index in [1.165, 1.54) is 5.56 Å². The van der Waals surface area contributed by atoms with Crippen LogP contribution in [-0.2, 0) is 11.2 Å². The molecule has 3 unspecified atom stereocenters. The van der Waals surface area contributed by atoms with Crippen LogP contribution in [0.4, 0.5) is 0 Å². The summed E-state index contributed by atoms with van der Waals surface area (Å²) in [6.45, 7) is 4.75. The molecule has 3 heteroatoms. The van der Waals surface area contributed by atoms with E-state index in [4.69, 9.17) is 4.74 Å². The van der Waals surface area contributed by atoms with Crippen LogP contribution in [0.3, 0.4) is 0 Å². The third-order valence-electron chi connectivity index (χ3n) is 4.62. The Morgan fingerprint density at radius 2 is 2.21 bits per heavy atom. The van der Waals surface area contributed by atoms with Crippen molar-refractivity contribution in [2.75, 3.05) is 19.8 Å². The van der Waals surface area contributed by atoms with Gasteiger partial charge in [0.2, 0.25) is 0 Å². The fraction of sp³-hybridized carbons (Fsp3) is 0.625. The number of aliphatic hydroxyl groups excluding tert-OH is 1. The Hall–Kier alpha value is -0.900. The third kappa shape index (κ3) is 2.42. The van der Waals surface area contributed by atoms with Crippen LogP contribution in [0.25, 0.3) is 0 Å². The molecule has 1 N–H and O–H groups in total. The highest BCUT2D eigenvalue weighted by molar-refractivity contribution is 5.32. The van der Waals surface area contributed by atoms with E-state index in [-0.39, 0.29) is 12.1 Å². The van der Waals surface area contributed by atoms with Crippen LogP contribution in [0, 0.1) is 0 Å². The zero-order chi connectivity index (χ0) is 13.2. The van der Waals surface area contributed by atoms with Crippen LogP contribution < -0.4 is 0 Å². The molecule has 0 bridgehead atoms. The van der Waals surface area contributed by atoms with Crippen molar-refractivity contribution in [3.8, 4) is 0 Å². The van der Waals surface area contributed by atoms with Gasteiger partial charge in [0, 0.05) is 18.6 Å². The Bertz CT molecular complexity index is 435. The first-order valence-corrected chi connectivity index (χ1v) is 7.40. The number of hydrogen-bond donors (Lipinski definition) is 1. The molecule has 1 heterocycles. The number of fused-ring (bicyclic) bond motifs is 1. The summed E-state index contributed by atoms with van der Waals surface area (Å²) in [6, 6.07) is 9.03. The Kier molecular flexibility index (Phi) is 3.87. The fourth-order valence-electron chi connectivity index (χ4n) is 3.52. The van der Waals surface area contributed by atoms with Gasteiger partial charge in [-0.15, -0.1) is 0 Å². The average Bonchev–Trinajstić information content (AvgIpc) is 2.48. The number of aliphatic hydroxyl groups is 1. The van der Waals surface area contributed by atoms with Crippen molar-refractivity contribution in [1.29, 1.82) is 0 Å². The number of hydrogen-bond acceptors (Lipinski definition) is 3. The highest BCUT2D eigenvalue weighted by Crippen LogP contribution is 2.34. The van der Waals surface area contributed by atoms with Gasteiger partial charge in [-0.05, 0) is 30.4 Å². The molecule has 2 aliphatic rings. The zero-order valence-corrected chi connectivity index (χ0v) is 11.6. The van der Waals surface area contributed by atoms with E-state index in [0.717, 1.165) is 44.6 Å². The first-order chi connectivity index (χ1) is 9.31. The van der Waals surface area contributed by atoms with E-state index in [2.05, 4.69) is 30.0 Å². The number of nitrogens with zero attached hydrogens (tertiary/aromatic N) is 1. The lowest BCUT2D eigenvalue weighted by Crippen LogP contribution is -2.53. The van der Waals surface area contributed by atoms with Gasteiger partial charge in [0.05, 0.1) is 19.3 Å². The van der Waals surface area contributed by atoms with Crippen LogP contribution in [0.1, 0.15) is 37.0 Å². The molecule has 19 heavy (non-hydrogen) atoms. The maximum atomic E-state index is 10.7. The highest BCUT2D eigenvalue weighted by atomic mass is 16.5. The second-order valence-corrected chi connectivity index (χ2v) is 5.62. The molecular formula is C16H23NO2. The van der Waals surface area contributed by atoms with Crippen LogP contribution in [-0.4, -0.2) is 41.8 Å². The summed E-state index contributed by atoms with van der Waals surface area (Å²) in [4.78, 5) is 2.48. The van der Waals surface area contributed by atoms with Crippen molar-refractivity contribution < 1.29 is 9.84 Å². The van der Waals surface area contributed by atoms with Gasteiger partial charge in [0.1, 0.15) is 0 Å². The molecule has 3 rings (SSSR count). The first-order valence-electron chi connectivity index (χ1n) is 7.40. The first kappa shape index (κ1) is 13.1. The minimum absolute atomic E-state index is 0.253. The van der Waals surface area contributed by atoms with Crippen molar-refractivity contribution in [3.63, 3.8) is 0 Å². The number of aryl methyl sites for hydroxylation is 1. The van der Waals surface area contributed by atoms with Crippen LogP contribution >= 0.6 is 0 Å². The molecule has 3 atom stereocenters. The molecule has 0 radical (unpaired) electrons. The second-order valence-electron chi connectivity index (χ2n) is 5.62. The van der Waals surface area contributed by atoms with E-state index in [9.17, 15) is 5.11 Å². The van der Waals surface area contributed by atoms with Crippen LogP contribution in [0.2, 0.25) is 0 Å². The predicted molar refractivity (Wildman–Crippen MR) is 75.1 cm³/mol. The average molecular weight is 261 g/mol. The monoisotopic (exact) mass is 261 g/mol. The molecule has 1 aromatic carbocycles. The van der Waals surface area contributed by atoms with E-state index in [1.54, 1.807) is 0 Å². The molecule has 0 spiro atoms. The van der Waals surface area contributed by atoms with Gasteiger partial charge in [-0.3, -0.25) is 4.90 Å². The van der Waals surface area contributed by atoms with Crippen molar-refractivity contribution in [1.82, 2.24) is 4.90 Å². The van der Waals surface area contributed by atoms with E-state index < -0.39 is 0 Å². The van der Waals surface area contributed by atoms with Crippen molar-refractivity contribution in [2.24, 2.45) is 0 Å². The van der Waals surface area contributed by atoms with Crippen molar-refractivity contribution in [2.45, 2.75) is 44.4 Å². The van der Waals surface area contributed by atoms with Crippen molar-refractivity contribution in [3.05, 3.63) is 35.4 Å². The normalized spacial score (nSPS) is 32.0. The Morgan fingerprint density at radius 3 is 3.05 bits per heavy atom. The van der Waals surface area contributed by atoms with Gasteiger partial charge < -0.3 is 9.84 Å². The van der Waals surface area contributed by atoms with E-state index >= 15 is 0 Å². The van der Waals surface area contributed by atoms with Crippen LogP contribution in [0.5, 0.6) is 0 Å².